The fraction of sp³-hybridized carbons (Fsp3) is 0.320. The molecule has 0 N–H and O–H groups in total. The lowest BCUT2D eigenvalue weighted by molar-refractivity contribution is -0.384. The third-order valence-corrected chi connectivity index (χ3v) is 4.61. The zero-order chi connectivity index (χ0) is 26.1. The second-order valence-electron chi connectivity index (χ2n) is 9.81. The molecule has 0 radical (unpaired) electrons. The lowest BCUT2D eigenvalue weighted by Gasteiger charge is -2.26. The molecule has 10 nitrogen and oxygen atoms in total. The lowest BCUT2D eigenvalue weighted by Crippen LogP contribution is -2.41. The van der Waals surface area contributed by atoms with E-state index in [1.54, 1.807) is 71.9 Å². The number of non-ortho nitro benzene ring substituents is 1. The highest BCUT2D eigenvalue weighted by molar-refractivity contribution is 6.23. The summed E-state index contributed by atoms with van der Waals surface area (Å²) in [6, 6.07) is 11.9. The quantitative estimate of drug-likeness (QED) is 0.336. The monoisotopic (exact) mass is 481 g/mol. The Hall–Kier alpha value is -4.21. The number of amides is 2. The number of imide groups is 1. The van der Waals surface area contributed by atoms with Gasteiger partial charge < -0.3 is 9.47 Å². The minimum absolute atomic E-state index is 0.0320. The van der Waals surface area contributed by atoms with Gasteiger partial charge in [0, 0.05) is 23.7 Å². The third-order valence-electron chi connectivity index (χ3n) is 4.61. The Balaban J connectivity index is 2.20. The van der Waals surface area contributed by atoms with E-state index in [0.29, 0.717) is 0 Å². The largest absolute Gasteiger partial charge is 0.443 e. The summed E-state index contributed by atoms with van der Waals surface area (Å²) in [5.74, 6) is -0.772. The predicted octanol–water partition coefficient (Wildman–Crippen LogP) is 5.91. The predicted molar refractivity (Wildman–Crippen MR) is 130 cm³/mol. The van der Waals surface area contributed by atoms with Crippen molar-refractivity contribution in [2.24, 2.45) is 0 Å². The van der Waals surface area contributed by atoms with Gasteiger partial charge in [0.1, 0.15) is 11.2 Å². The Bertz CT molecular complexity index is 1300. The van der Waals surface area contributed by atoms with E-state index in [0.717, 1.165) is 9.47 Å². The highest BCUT2D eigenvalue weighted by atomic mass is 16.6. The number of hydrogen-bond acceptors (Lipinski definition) is 7. The molecule has 0 aliphatic carbocycles. The van der Waals surface area contributed by atoms with Crippen molar-refractivity contribution in [3.8, 4) is 0 Å². The van der Waals surface area contributed by atoms with Gasteiger partial charge in [0.25, 0.3) is 11.6 Å². The first-order valence-electron chi connectivity index (χ1n) is 10.8. The molecule has 0 saturated carbocycles. The van der Waals surface area contributed by atoms with Crippen LogP contribution in [0.5, 0.6) is 0 Å². The summed E-state index contributed by atoms with van der Waals surface area (Å²) in [7, 11) is 0. The molecule has 0 unspecified atom stereocenters. The van der Waals surface area contributed by atoms with Crippen LogP contribution in [0.1, 0.15) is 51.9 Å². The van der Waals surface area contributed by atoms with Gasteiger partial charge in [-0.2, -0.15) is 0 Å². The van der Waals surface area contributed by atoms with Crippen molar-refractivity contribution in [1.29, 1.82) is 0 Å². The number of carbonyl (C=O) groups is 3. The van der Waals surface area contributed by atoms with Gasteiger partial charge in [-0.05, 0) is 59.7 Å². The van der Waals surface area contributed by atoms with Gasteiger partial charge >= 0.3 is 12.2 Å². The highest BCUT2D eigenvalue weighted by Crippen LogP contribution is 2.30. The number of aromatic nitrogens is 1. The van der Waals surface area contributed by atoms with Crippen LogP contribution in [0.25, 0.3) is 10.9 Å². The SMILES string of the molecule is CC(C)(C)OC(=O)N(C(=O)c1cn(C(=O)OC(C)(C)C)c2cc([N+](=O)[O-])ccc12)c1ccccc1. The first kappa shape index (κ1) is 25.4. The number of anilines is 1. The van der Waals surface area contributed by atoms with E-state index in [1.165, 1.54) is 24.4 Å². The van der Waals surface area contributed by atoms with E-state index in [9.17, 15) is 24.5 Å². The molecule has 1 heterocycles. The number of ether oxygens (including phenoxy) is 2. The average Bonchev–Trinajstić information content (AvgIpc) is 3.11. The number of fused-ring (bicyclic) bond motifs is 1. The van der Waals surface area contributed by atoms with Gasteiger partial charge in [-0.25, -0.2) is 14.5 Å². The lowest BCUT2D eigenvalue weighted by atomic mass is 10.1. The maximum atomic E-state index is 13.8. The summed E-state index contributed by atoms with van der Waals surface area (Å²) >= 11 is 0. The number of carbonyl (C=O) groups excluding carboxylic acids is 3. The van der Waals surface area contributed by atoms with Crippen molar-refractivity contribution in [2.45, 2.75) is 52.7 Å². The number of nitro groups is 1. The van der Waals surface area contributed by atoms with Gasteiger partial charge in [-0.1, -0.05) is 18.2 Å². The van der Waals surface area contributed by atoms with Crippen molar-refractivity contribution >= 4 is 40.4 Å². The van der Waals surface area contributed by atoms with E-state index in [-0.39, 0.29) is 27.8 Å². The molecule has 0 saturated heterocycles. The Morgan fingerprint density at radius 3 is 2.06 bits per heavy atom. The minimum atomic E-state index is -0.909. The molecular weight excluding hydrogens is 454 g/mol. The Morgan fingerprint density at radius 2 is 1.51 bits per heavy atom. The van der Waals surface area contributed by atoms with Crippen molar-refractivity contribution in [2.75, 3.05) is 4.90 Å². The van der Waals surface area contributed by atoms with Crippen LogP contribution in [-0.4, -0.2) is 38.8 Å². The molecule has 1 aromatic heterocycles. The standard InChI is InChI=1S/C25H27N3O7/c1-24(2,3)34-22(30)26-15-19(18-13-12-17(28(32)33)14-20(18)26)21(29)27(16-10-8-7-9-11-16)23(31)35-25(4,5)6/h7-15H,1-6H3. The van der Waals surface area contributed by atoms with E-state index in [4.69, 9.17) is 9.47 Å². The van der Waals surface area contributed by atoms with E-state index < -0.39 is 34.2 Å². The Kier molecular flexibility index (Phi) is 6.68. The molecule has 184 valence electrons. The van der Waals surface area contributed by atoms with Crippen molar-refractivity contribution in [3.63, 3.8) is 0 Å². The van der Waals surface area contributed by atoms with Gasteiger partial charge in [-0.3, -0.25) is 19.5 Å². The van der Waals surface area contributed by atoms with E-state index in [2.05, 4.69) is 0 Å². The van der Waals surface area contributed by atoms with Gasteiger partial charge in [0.05, 0.1) is 21.7 Å². The summed E-state index contributed by atoms with van der Waals surface area (Å²) < 4.78 is 11.9. The summed E-state index contributed by atoms with van der Waals surface area (Å²) in [6.45, 7) is 10.0. The maximum absolute atomic E-state index is 13.8. The maximum Gasteiger partial charge on any atom is 0.422 e. The number of benzene rings is 2. The summed E-state index contributed by atoms with van der Waals surface area (Å²) in [6.07, 6.45) is -0.523. The van der Waals surface area contributed by atoms with Gasteiger partial charge in [0.15, 0.2) is 0 Å². The van der Waals surface area contributed by atoms with E-state index >= 15 is 0 Å². The number of nitro benzene ring substituents is 1. The van der Waals surface area contributed by atoms with Crippen molar-refractivity contribution in [1.82, 2.24) is 4.57 Å². The average molecular weight is 482 g/mol. The topological polar surface area (TPSA) is 121 Å². The molecule has 3 aromatic rings. The van der Waals surface area contributed by atoms with Crippen molar-refractivity contribution in [3.05, 3.63) is 70.4 Å². The second-order valence-corrected chi connectivity index (χ2v) is 9.81. The van der Waals surface area contributed by atoms with Gasteiger partial charge in [0.2, 0.25) is 0 Å². The number of hydrogen-bond donors (Lipinski definition) is 0. The summed E-state index contributed by atoms with van der Waals surface area (Å²) in [5, 5.41) is 11.6. The number of rotatable bonds is 3. The third kappa shape index (κ3) is 5.84. The summed E-state index contributed by atoms with van der Waals surface area (Å²) in [4.78, 5) is 51.3. The molecule has 0 atom stereocenters. The first-order valence-corrected chi connectivity index (χ1v) is 10.8. The molecule has 0 aliphatic rings. The van der Waals surface area contributed by atoms with Gasteiger partial charge in [-0.15, -0.1) is 0 Å². The number of para-hydroxylation sites is 1. The molecule has 2 aromatic carbocycles. The fourth-order valence-corrected chi connectivity index (χ4v) is 3.27. The molecule has 3 rings (SSSR count). The zero-order valence-corrected chi connectivity index (χ0v) is 20.4. The second kappa shape index (κ2) is 9.21. The smallest absolute Gasteiger partial charge is 0.422 e. The fourth-order valence-electron chi connectivity index (χ4n) is 3.27. The summed E-state index contributed by atoms with van der Waals surface area (Å²) in [5.41, 5.74) is -1.69. The van der Waals surface area contributed by atoms with Crippen LogP contribution >= 0.6 is 0 Å². The van der Waals surface area contributed by atoms with Crippen molar-refractivity contribution < 1.29 is 28.8 Å². The molecule has 10 heteroatoms. The normalized spacial score (nSPS) is 11.7. The molecule has 0 aliphatic heterocycles. The van der Waals surface area contributed by atoms with Crippen LogP contribution in [0.2, 0.25) is 0 Å². The van der Waals surface area contributed by atoms with Crippen LogP contribution in [0.15, 0.2) is 54.7 Å². The molecule has 0 bridgehead atoms. The highest BCUT2D eigenvalue weighted by Gasteiger charge is 2.33. The molecule has 0 fully saturated rings. The molecule has 0 spiro atoms. The first-order chi connectivity index (χ1) is 16.2. The Morgan fingerprint density at radius 1 is 0.914 bits per heavy atom. The Labute approximate surface area is 202 Å². The van der Waals surface area contributed by atoms with Crippen LogP contribution in [0.3, 0.4) is 0 Å². The number of nitrogens with zero attached hydrogens (tertiary/aromatic N) is 3. The zero-order valence-electron chi connectivity index (χ0n) is 20.4. The van der Waals surface area contributed by atoms with E-state index in [1.807, 2.05) is 0 Å². The van der Waals surface area contributed by atoms with Crippen LogP contribution in [0, 0.1) is 10.1 Å². The van der Waals surface area contributed by atoms with Crippen LogP contribution < -0.4 is 4.90 Å². The molecular formula is C25H27N3O7. The molecule has 35 heavy (non-hydrogen) atoms. The van der Waals surface area contributed by atoms with Crippen LogP contribution in [-0.2, 0) is 9.47 Å². The molecule has 2 amide bonds. The minimum Gasteiger partial charge on any atom is -0.443 e. The van der Waals surface area contributed by atoms with Crippen LogP contribution in [0.4, 0.5) is 21.0 Å².